The third kappa shape index (κ3) is 3.65. The van der Waals surface area contributed by atoms with Crippen molar-refractivity contribution in [1.82, 2.24) is 9.97 Å². The summed E-state index contributed by atoms with van der Waals surface area (Å²) in [7, 11) is 3.30. The molecule has 0 radical (unpaired) electrons. The third-order valence-corrected chi connectivity index (χ3v) is 5.96. The smallest absolute Gasteiger partial charge is 0.232 e. The zero-order valence-electron chi connectivity index (χ0n) is 18.1. The molecule has 7 heteroatoms. The van der Waals surface area contributed by atoms with Crippen LogP contribution in [0.4, 0.5) is 5.82 Å². The average Bonchev–Trinajstić information content (AvgIpc) is 3.24. The predicted octanol–water partition coefficient (Wildman–Crippen LogP) is 4.54. The van der Waals surface area contributed by atoms with Gasteiger partial charge < -0.3 is 23.9 Å². The van der Waals surface area contributed by atoms with Gasteiger partial charge in [-0.2, -0.15) is 0 Å². The second kappa shape index (κ2) is 8.51. The SMILES string of the molecule is COc1ccc(-c2oc3ncnc(N4CCC(O)CC4)c3c2-c2ccc(OC)cc2)cc1. The van der Waals surface area contributed by atoms with Crippen LogP contribution in [-0.4, -0.2) is 48.5 Å². The van der Waals surface area contributed by atoms with E-state index >= 15 is 0 Å². The van der Waals surface area contributed by atoms with Crippen LogP contribution < -0.4 is 14.4 Å². The van der Waals surface area contributed by atoms with Gasteiger partial charge in [-0.15, -0.1) is 0 Å². The third-order valence-electron chi connectivity index (χ3n) is 5.96. The fourth-order valence-corrected chi connectivity index (χ4v) is 4.21. The van der Waals surface area contributed by atoms with E-state index in [0.717, 1.165) is 58.2 Å². The summed E-state index contributed by atoms with van der Waals surface area (Å²) in [5.74, 6) is 3.13. The Morgan fingerprint density at radius 3 is 2.06 bits per heavy atom. The molecule has 0 amide bonds. The summed E-state index contributed by atoms with van der Waals surface area (Å²) < 4.78 is 17.0. The van der Waals surface area contributed by atoms with Crippen LogP contribution in [0.15, 0.2) is 59.3 Å². The van der Waals surface area contributed by atoms with Crippen molar-refractivity contribution in [3.8, 4) is 33.9 Å². The van der Waals surface area contributed by atoms with E-state index in [1.807, 2.05) is 48.5 Å². The van der Waals surface area contributed by atoms with Crippen LogP contribution in [0.1, 0.15) is 12.8 Å². The van der Waals surface area contributed by atoms with Gasteiger partial charge in [-0.05, 0) is 54.8 Å². The highest BCUT2D eigenvalue weighted by Gasteiger charge is 2.26. The number of methoxy groups -OCH3 is 2. The molecular weight excluding hydrogens is 406 g/mol. The Kier molecular flexibility index (Phi) is 5.41. The second-order valence-electron chi connectivity index (χ2n) is 7.86. The van der Waals surface area contributed by atoms with Crippen molar-refractivity contribution in [3.63, 3.8) is 0 Å². The van der Waals surface area contributed by atoms with E-state index in [2.05, 4.69) is 14.9 Å². The number of benzene rings is 2. The van der Waals surface area contributed by atoms with E-state index in [1.165, 1.54) is 0 Å². The van der Waals surface area contributed by atoms with Gasteiger partial charge in [0.05, 0.1) is 25.7 Å². The number of nitrogens with zero attached hydrogens (tertiary/aromatic N) is 3. The minimum absolute atomic E-state index is 0.260. The number of rotatable bonds is 5. The summed E-state index contributed by atoms with van der Waals surface area (Å²) in [5.41, 5.74) is 3.39. The number of fused-ring (bicyclic) bond motifs is 1. The molecule has 0 bridgehead atoms. The van der Waals surface area contributed by atoms with Gasteiger partial charge in [0.15, 0.2) is 0 Å². The van der Waals surface area contributed by atoms with Crippen molar-refractivity contribution >= 4 is 16.9 Å². The van der Waals surface area contributed by atoms with Crippen molar-refractivity contribution in [2.45, 2.75) is 18.9 Å². The van der Waals surface area contributed by atoms with E-state index in [9.17, 15) is 5.11 Å². The zero-order chi connectivity index (χ0) is 22.1. The second-order valence-corrected chi connectivity index (χ2v) is 7.86. The Bertz CT molecular complexity index is 1210. The highest BCUT2D eigenvalue weighted by atomic mass is 16.5. The minimum Gasteiger partial charge on any atom is -0.497 e. The molecule has 5 rings (SSSR count). The molecule has 2 aromatic carbocycles. The predicted molar refractivity (Wildman–Crippen MR) is 123 cm³/mol. The normalized spacial score (nSPS) is 14.7. The molecule has 1 fully saturated rings. The first-order valence-corrected chi connectivity index (χ1v) is 10.7. The van der Waals surface area contributed by atoms with Gasteiger partial charge in [0, 0.05) is 24.2 Å². The molecule has 0 unspecified atom stereocenters. The van der Waals surface area contributed by atoms with Gasteiger partial charge in [0.1, 0.15) is 29.4 Å². The van der Waals surface area contributed by atoms with Gasteiger partial charge in [0.2, 0.25) is 5.71 Å². The zero-order valence-corrected chi connectivity index (χ0v) is 18.1. The highest BCUT2D eigenvalue weighted by Crippen LogP contribution is 2.44. The van der Waals surface area contributed by atoms with Crippen LogP contribution in [0.25, 0.3) is 33.6 Å². The van der Waals surface area contributed by atoms with E-state index in [4.69, 9.17) is 13.9 Å². The van der Waals surface area contributed by atoms with Crippen molar-refractivity contribution in [3.05, 3.63) is 54.9 Å². The fourth-order valence-electron chi connectivity index (χ4n) is 4.21. The van der Waals surface area contributed by atoms with Gasteiger partial charge >= 0.3 is 0 Å². The molecule has 1 N–H and O–H groups in total. The van der Waals surface area contributed by atoms with E-state index in [-0.39, 0.29) is 6.10 Å². The number of ether oxygens (including phenoxy) is 2. The monoisotopic (exact) mass is 431 g/mol. The molecule has 32 heavy (non-hydrogen) atoms. The number of aliphatic hydroxyl groups is 1. The summed E-state index contributed by atoms with van der Waals surface area (Å²) in [5, 5.41) is 10.8. The number of aliphatic hydroxyl groups excluding tert-OH is 1. The molecule has 164 valence electrons. The number of aromatic nitrogens is 2. The van der Waals surface area contributed by atoms with Crippen molar-refractivity contribution in [2.24, 2.45) is 0 Å². The molecule has 4 aromatic rings. The standard InChI is InChI=1S/C25H25N3O4/c1-30-19-7-3-16(4-8-19)21-22-24(28-13-11-18(29)12-14-28)26-15-27-25(22)32-23(21)17-5-9-20(31-2)10-6-17/h3-10,15,18,29H,11-14H2,1-2H3. The van der Waals surface area contributed by atoms with Crippen molar-refractivity contribution in [1.29, 1.82) is 0 Å². The maximum atomic E-state index is 9.96. The van der Waals surface area contributed by atoms with Gasteiger partial charge in [-0.25, -0.2) is 9.97 Å². The summed E-state index contributed by atoms with van der Waals surface area (Å²) in [6.45, 7) is 1.47. The van der Waals surface area contributed by atoms with Gasteiger partial charge in [-0.3, -0.25) is 0 Å². The molecule has 1 aliphatic heterocycles. The van der Waals surface area contributed by atoms with Crippen LogP contribution in [0.5, 0.6) is 11.5 Å². The molecule has 0 spiro atoms. The molecular formula is C25H25N3O4. The van der Waals surface area contributed by atoms with Crippen LogP contribution in [0, 0.1) is 0 Å². The first-order valence-electron chi connectivity index (χ1n) is 10.7. The van der Waals surface area contributed by atoms with E-state index in [0.29, 0.717) is 18.6 Å². The first kappa shape index (κ1) is 20.3. The molecule has 0 saturated carbocycles. The Morgan fingerprint density at radius 1 is 0.875 bits per heavy atom. The van der Waals surface area contributed by atoms with E-state index in [1.54, 1.807) is 20.5 Å². The summed E-state index contributed by atoms with van der Waals surface area (Å²) in [6, 6.07) is 15.7. The van der Waals surface area contributed by atoms with Crippen LogP contribution in [0.2, 0.25) is 0 Å². The molecule has 1 aliphatic rings. The summed E-state index contributed by atoms with van der Waals surface area (Å²) in [4.78, 5) is 11.3. The maximum absolute atomic E-state index is 9.96. The lowest BCUT2D eigenvalue weighted by Crippen LogP contribution is -2.36. The first-order chi connectivity index (χ1) is 15.7. The quantitative estimate of drug-likeness (QED) is 0.497. The van der Waals surface area contributed by atoms with Gasteiger partial charge in [-0.1, -0.05) is 12.1 Å². The van der Waals surface area contributed by atoms with E-state index < -0.39 is 0 Å². The van der Waals surface area contributed by atoms with Crippen LogP contribution >= 0.6 is 0 Å². The van der Waals surface area contributed by atoms with Crippen LogP contribution in [0.3, 0.4) is 0 Å². The van der Waals surface area contributed by atoms with Crippen molar-refractivity contribution < 1.29 is 19.0 Å². The number of furan rings is 1. The Morgan fingerprint density at radius 2 is 1.47 bits per heavy atom. The average molecular weight is 431 g/mol. The summed E-state index contributed by atoms with van der Waals surface area (Å²) in [6.07, 6.45) is 2.71. The molecule has 0 atom stereocenters. The fraction of sp³-hybridized carbons (Fsp3) is 0.280. The van der Waals surface area contributed by atoms with Crippen LogP contribution in [-0.2, 0) is 0 Å². The van der Waals surface area contributed by atoms with Gasteiger partial charge in [0.25, 0.3) is 0 Å². The molecule has 2 aromatic heterocycles. The molecule has 3 heterocycles. The Hall–Kier alpha value is -3.58. The lowest BCUT2D eigenvalue weighted by molar-refractivity contribution is 0.145. The Labute approximate surface area is 186 Å². The maximum Gasteiger partial charge on any atom is 0.232 e. The molecule has 7 nitrogen and oxygen atoms in total. The van der Waals surface area contributed by atoms with Crippen molar-refractivity contribution in [2.75, 3.05) is 32.2 Å². The molecule has 0 aliphatic carbocycles. The lowest BCUT2D eigenvalue weighted by Gasteiger charge is -2.30. The summed E-state index contributed by atoms with van der Waals surface area (Å²) >= 11 is 0. The number of hydrogen-bond donors (Lipinski definition) is 1. The topological polar surface area (TPSA) is 80.9 Å². The number of hydrogen-bond acceptors (Lipinski definition) is 7. The highest BCUT2D eigenvalue weighted by molar-refractivity contribution is 6.06. The number of piperidine rings is 1. The molecule has 1 saturated heterocycles. The lowest BCUT2D eigenvalue weighted by atomic mass is 9.98. The minimum atomic E-state index is -0.260. The largest absolute Gasteiger partial charge is 0.497 e. The Balaban J connectivity index is 1.72. The number of anilines is 1.